The van der Waals surface area contributed by atoms with E-state index in [0.29, 0.717) is 18.4 Å². The summed E-state index contributed by atoms with van der Waals surface area (Å²) >= 11 is 5.62. The molecule has 0 aromatic carbocycles. The third-order valence-electron chi connectivity index (χ3n) is 1.76. The molecule has 0 saturated carbocycles. The number of aromatic nitrogens is 1. The molecule has 78 valence electrons. The molecular formula is C10H14ClNO2. The van der Waals surface area contributed by atoms with E-state index in [2.05, 4.69) is 4.98 Å². The summed E-state index contributed by atoms with van der Waals surface area (Å²) in [5.74, 6) is 0. The summed E-state index contributed by atoms with van der Waals surface area (Å²) in [7, 11) is 0. The zero-order valence-electron chi connectivity index (χ0n) is 8.11. The van der Waals surface area contributed by atoms with Crippen LogP contribution in [0.1, 0.15) is 25.0 Å². The van der Waals surface area contributed by atoms with Gasteiger partial charge in [-0.15, -0.1) is 0 Å². The lowest BCUT2D eigenvalue weighted by molar-refractivity contribution is 0.0362. The molecule has 1 unspecified atom stereocenters. The molecule has 0 radical (unpaired) electrons. The Kier molecular flexibility index (Phi) is 4.87. The van der Waals surface area contributed by atoms with Gasteiger partial charge in [0.2, 0.25) is 0 Å². The van der Waals surface area contributed by atoms with E-state index in [9.17, 15) is 5.11 Å². The van der Waals surface area contributed by atoms with Gasteiger partial charge in [0, 0.05) is 18.4 Å². The Morgan fingerprint density at radius 3 is 2.93 bits per heavy atom. The van der Waals surface area contributed by atoms with Crippen molar-refractivity contribution in [1.82, 2.24) is 4.98 Å². The van der Waals surface area contributed by atoms with Gasteiger partial charge in [-0.25, -0.2) is 4.98 Å². The van der Waals surface area contributed by atoms with Crippen LogP contribution in [-0.2, 0) is 4.74 Å². The Hall–Kier alpha value is -0.640. The van der Waals surface area contributed by atoms with Crippen molar-refractivity contribution in [2.75, 3.05) is 13.2 Å². The predicted molar refractivity (Wildman–Crippen MR) is 55.3 cm³/mol. The van der Waals surface area contributed by atoms with Crippen LogP contribution in [0.3, 0.4) is 0 Å². The molecule has 3 nitrogen and oxygen atoms in total. The maximum absolute atomic E-state index is 9.63. The summed E-state index contributed by atoms with van der Waals surface area (Å²) in [5.41, 5.74) is 0.727. The summed E-state index contributed by atoms with van der Waals surface area (Å²) in [5, 5.41) is 10.1. The van der Waals surface area contributed by atoms with Crippen molar-refractivity contribution in [2.45, 2.75) is 19.4 Å². The van der Waals surface area contributed by atoms with Gasteiger partial charge in [-0.05, 0) is 12.5 Å². The average molecular weight is 216 g/mol. The highest BCUT2D eigenvalue weighted by molar-refractivity contribution is 6.29. The smallest absolute Gasteiger partial charge is 0.129 e. The van der Waals surface area contributed by atoms with Gasteiger partial charge in [0.25, 0.3) is 0 Å². The van der Waals surface area contributed by atoms with Crippen molar-refractivity contribution in [3.63, 3.8) is 0 Å². The summed E-state index contributed by atoms with van der Waals surface area (Å²) in [6.07, 6.45) is 1.89. The number of hydrogen-bond donors (Lipinski definition) is 1. The van der Waals surface area contributed by atoms with E-state index in [0.717, 1.165) is 12.0 Å². The second-order valence-corrected chi connectivity index (χ2v) is 3.39. The van der Waals surface area contributed by atoms with Crippen LogP contribution in [0, 0.1) is 0 Å². The molecule has 0 aliphatic rings. The van der Waals surface area contributed by atoms with Gasteiger partial charge in [0.1, 0.15) is 11.3 Å². The molecule has 0 amide bonds. The van der Waals surface area contributed by atoms with Crippen LogP contribution in [0.4, 0.5) is 0 Å². The second-order valence-electron chi connectivity index (χ2n) is 3.00. The Morgan fingerprint density at radius 2 is 2.36 bits per heavy atom. The Labute approximate surface area is 88.7 Å². The molecule has 0 aliphatic heterocycles. The van der Waals surface area contributed by atoms with Crippen molar-refractivity contribution in [1.29, 1.82) is 0 Å². The van der Waals surface area contributed by atoms with Gasteiger partial charge in [0.05, 0.1) is 6.61 Å². The van der Waals surface area contributed by atoms with Gasteiger partial charge in [-0.1, -0.05) is 24.6 Å². The molecule has 1 rings (SSSR count). The molecule has 1 N–H and O–H groups in total. The highest BCUT2D eigenvalue weighted by Gasteiger charge is 2.07. The SMILES string of the molecule is CCCOCC(O)c1ccc(Cl)nc1. The molecule has 0 spiro atoms. The quantitative estimate of drug-likeness (QED) is 0.605. The fraction of sp³-hybridized carbons (Fsp3) is 0.500. The number of halogens is 1. The van der Waals surface area contributed by atoms with Crippen molar-refractivity contribution in [2.24, 2.45) is 0 Å². The van der Waals surface area contributed by atoms with Crippen LogP contribution in [0.15, 0.2) is 18.3 Å². The summed E-state index contributed by atoms with van der Waals surface area (Å²) in [6.45, 7) is 2.99. The predicted octanol–water partition coefficient (Wildman–Crippen LogP) is 2.20. The maximum atomic E-state index is 9.63. The third-order valence-corrected chi connectivity index (χ3v) is 1.98. The van der Waals surface area contributed by atoms with Crippen LogP contribution >= 0.6 is 11.6 Å². The van der Waals surface area contributed by atoms with Crippen LogP contribution in [-0.4, -0.2) is 23.3 Å². The molecule has 0 fully saturated rings. The second kappa shape index (κ2) is 5.96. The monoisotopic (exact) mass is 215 g/mol. The Balaban J connectivity index is 2.43. The molecule has 0 bridgehead atoms. The van der Waals surface area contributed by atoms with E-state index in [-0.39, 0.29) is 0 Å². The highest BCUT2D eigenvalue weighted by Crippen LogP contribution is 2.13. The number of pyridine rings is 1. The van der Waals surface area contributed by atoms with E-state index in [1.807, 2.05) is 6.92 Å². The molecule has 0 aliphatic carbocycles. The molecule has 0 saturated heterocycles. The lowest BCUT2D eigenvalue weighted by Crippen LogP contribution is -2.07. The standard InChI is InChI=1S/C10H14ClNO2/c1-2-5-14-7-9(13)8-3-4-10(11)12-6-8/h3-4,6,9,13H,2,5,7H2,1H3. The molecule has 1 heterocycles. The molecule has 1 atom stereocenters. The number of ether oxygens (including phenoxy) is 1. The van der Waals surface area contributed by atoms with Gasteiger partial charge in [-0.3, -0.25) is 0 Å². The van der Waals surface area contributed by atoms with E-state index in [4.69, 9.17) is 16.3 Å². The molecular weight excluding hydrogens is 202 g/mol. The van der Waals surface area contributed by atoms with Crippen LogP contribution in [0.2, 0.25) is 5.15 Å². The van der Waals surface area contributed by atoms with Crippen molar-refractivity contribution < 1.29 is 9.84 Å². The third kappa shape index (κ3) is 3.62. The largest absolute Gasteiger partial charge is 0.386 e. The summed E-state index contributed by atoms with van der Waals surface area (Å²) < 4.78 is 5.22. The number of aliphatic hydroxyl groups is 1. The molecule has 1 aromatic heterocycles. The number of rotatable bonds is 5. The summed E-state index contributed by atoms with van der Waals surface area (Å²) in [6, 6.07) is 3.40. The van der Waals surface area contributed by atoms with Gasteiger partial charge < -0.3 is 9.84 Å². The Morgan fingerprint density at radius 1 is 1.57 bits per heavy atom. The minimum atomic E-state index is -0.619. The van der Waals surface area contributed by atoms with E-state index in [1.54, 1.807) is 18.3 Å². The number of nitrogens with zero attached hydrogens (tertiary/aromatic N) is 1. The van der Waals surface area contributed by atoms with Crippen molar-refractivity contribution in [3.8, 4) is 0 Å². The van der Waals surface area contributed by atoms with E-state index < -0.39 is 6.10 Å². The topological polar surface area (TPSA) is 42.4 Å². The zero-order valence-corrected chi connectivity index (χ0v) is 8.87. The molecule has 1 aromatic rings. The fourth-order valence-corrected chi connectivity index (χ4v) is 1.13. The van der Waals surface area contributed by atoms with Crippen molar-refractivity contribution >= 4 is 11.6 Å². The van der Waals surface area contributed by atoms with Crippen LogP contribution in [0.25, 0.3) is 0 Å². The zero-order chi connectivity index (χ0) is 10.4. The number of aliphatic hydroxyl groups excluding tert-OH is 1. The van der Waals surface area contributed by atoms with Gasteiger partial charge in [0.15, 0.2) is 0 Å². The molecule has 4 heteroatoms. The lowest BCUT2D eigenvalue weighted by atomic mass is 10.2. The lowest BCUT2D eigenvalue weighted by Gasteiger charge is -2.10. The first-order chi connectivity index (χ1) is 6.74. The first-order valence-electron chi connectivity index (χ1n) is 4.61. The van der Waals surface area contributed by atoms with Crippen LogP contribution < -0.4 is 0 Å². The minimum Gasteiger partial charge on any atom is -0.386 e. The fourth-order valence-electron chi connectivity index (χ4n) is 1.02. The number of hydrogen-bond acceptors (Lipinski definition) is 3. The first kappa shape index (κ1) is 11.4. The maximum Gasteiger partial charge on any atom is 0.129 e. The van der Waals surface area contributed by atoms with Crippen LogP contribution in [0.5, 0.6) is 0 Å². The van der Waals surface area contributed by atoms with Gasteiger partial charge >= 0.3 is 0 Å². The average Bonchev–Trinajstić information content (AvgIpc) is 2.19. The normalized spacial score (nSPS) is 12.8. The Bertz CT molecular complexity index is 263. The van der Waals surface area contributed by atoms with E-state index >= 15 is 0 Å². The van der Waals surface area contributed by atoms with E-state index in [1.165, 1.54) is 0 Å². The van der Waals surface area contributed by atoms with Gasteiger partial charge in [-0.2, -0.15) is 0 Å². The van der Waals surface area contributed by atoms with Crippen molar-refractivity contribution in [3.05, 3.63) is 29.0 Å². The molecule has 14 heavy (non-hydrogen) atoms. The highest BCUT2D eigenvalue weighted by atomic mass is 35.5. The first-order valence-corrected chi connectivity index (χ1v) is 4.99. The minimum absolute atomic E-state index is 0.303. The summed E-state index contributed by atoms with van der Waals surface area (Å²) in [4.78, 5) is 3.88.